The molecular weight excluding hydrogens is 482 g/mol. The maximum absolute atomic E-state index is 14.6. The number of aryl methyl sites for hydroxylation is 2. The Hall–Kier alpha value is -4.47. The molecule has 3 aliphatic heterocycles. The van der Waals surface area contributed by atoms with E-state index in [0.29, 0.717) is 44.1 Å². The fourth-order valence-corrected chi connectivity index (χ4v) is 6.28. The van der Waals surface area contributed by atoms with E-state index in [4.69, 9.17) is 4.74 Å². The average molecular weight is 510 g/mol. The van der Waals surface area contributed by atoms with Crippen LogP contribution < -0.4 is 9.64 Å². The average Bonchev–Trinajstić information content (AvgIpc) is 3.71. The SMILES string of the molecule is Cn1ccc(C(=O)N2CC[C@]34C(=O)N(Cc5cn(nn5)CCCOc5cccc(c5)[C@H]23)c2ccccc24)n1. The second-order valence-corrected chi connectivity index (χ2v) is 10.2. The summed E-state index contributed by atoms with van der Waals surface area (Å²) in [6.07, 6.45) is 4.91. The Kier molecular flexibility index (Phi) is 5.10. The van der Waals surface area contributed by atoms with E-state index in [1.54, 1.807) is 28.7 Å². The summed E-state index contributed by atoms with van der Waals surface area (Å²) in [5.41, 5.74) is 2.78. The molecule has 2 atom stereocenters. The lowest BCUT2D eigenvalue weighted by atomic mass is 9.72. The Balaban J connectivity index is 1.42. The number of anilines is 1. The Morgan fingerprint density at radius 1 is 1.11 bits per heavy atom. The van der Waals surface area contributed by atoms with Gasteiger partial charge in [0.2, 0.25) is 5.91 Å². The van der Waals surface area contributed by atoms with E-state index in [2.05, 4.69) is 15.4 Å². The molecule has 0 N–H and O–H groups in total. The standard InChI is InChI=1S/C28H27N7O3/c1-32-13-10-23(30-32)26(36)34-14-11-28-22-8-2-3-9-24(22)35(27(28)37)18-20-17-33(31-29-20)12-5-15-38-21-7-4-6-19(16-21)25(28)34/h2-4,6-10,13,16-17,25H,5,11-12,14-15,18H2,1H3/t25-,28+/m0/s1. The van der Waals surface area contributed by atoms with E-state index in [-0.39, 0.29) is 11.8 Å². The number of hydrogen-bond acceptors (Lipinski definition) is 6. The van der Waals surface area contributed by atoms with Crippen LogP contribution in [0.4, 0.5) is 5.69 Å². The zero-order valence-corrected chi connectivity index (χ0v) is 21.0. The van der Waals surface area contributed by atoms with Gasteiger partial charge in [0.05, 0.1) is 25.4 Å². The second-order valence-electron chi connectivity index (χ2n) is 10.2. The quantitative estimate of drug-likeness (QED) is 0.391. The predicted molar refractivity (Wildman–Crippen MR) is 137 cm³/mol. The summed E-state index contributed by atoms with van der Waals surface area (Å²) in [6.45, 7) is 1.92. The summed E-state index contributed by atoms with van der Waals surface area (Å²) in [5, 5.41) is 13.0. The van der Waals surface area contributed by atoms with Crippen LogP contribution in [-0.2, 0) is 30.3 Å². The molecule has 7 rings (SSSR count). The molecule has 38 heavy (non-hydrogen) atoms. The summed E-state index contributed by atoms with van der Waals surface area (Å²) in [7, 11) is 1.79. The van der Waals surface area contributed by atoms with Crippen molar-refractivity contribution < 1.29 is 14.3 Å². The molecule has 0 saturated carbocycles. The van der Waals surface area contributed by atoms with Gasteiger partial charge in [0.1, 0.15) is 22.6 Å². The molecule has 2 amide bonds. The predicted octanol–water partition coefficient (Wildman–Crippen LogP) is 2.87. The van der Waals surface area contributed by atoms with Crippen molar-refractivity contribution in [3.8, 4) is 5.75 Å². The highest BCUT2D eigenvalue weighted by Crippen LogP contribution is 2.57. The minimum atomic E-state index is -0.949. The van der Waals surface area contributed by atoms with Crippen LogP contribution in [0.25, 0.3) is 0 Å². The number of carbonyl (C=O) groups excluding carboxylic acids is 2. The molecule has 0 unspecified atom stereocenters. The van der Waals surface area contributed by atoms with Crippen molar-refractivity contribution in [2.45, 2.75) is 37.4 Å². The molecule has 2 aromatic heterocycles. The second kappa shape index (κ2) is 8.54. The fourth-order valence-electron chi connectivity index (χ4n) is 6.28. The van der Waals surface area contributed by atoms with E-state index in [1.807, 2.05) is 64.5 Å². The van der Waals surface area contributed by atoms with E-state index in [1.165, 1.54) is 0 Å². The molecule has 4 aromatic rings. The van der Waals surface area contributed by atoms with Crippen LogP contribution in [0, 0.1) is 0 Å². The van der Waals surface area contributed by atoms with Gasteiger partial charge in [-0.2, -0.15) is 5.10 Å². The third-order valence-corrected chi connectivity index (χ3v) is 7.90. The lowest BCUT2D eigenvalue weighted by molar-refractivity contribution is -0.124. The van der Waals surface area contributed by atoms with Crippen LogP contribution in [0.3, 0.4) is 0 Å². The van der Waals surface area contributed by atoms with Gasteiger partial charge in [0, 0.05) is 38.4 Å². The lowest BCUT2D eigenvalue weighted by Crippen LogP contribution is -2.45. The number of rotatable bonds is 1. The van der Waals surface area contributed by atoms with Crippen molar-refractivity contribution >= 4 is 17.5 Å². The monoisotopic (exact) mass is 509 g/mol. The van der Waals surface area contributed by atoms with Crippen LogP contribution in [-0.4, -0.2) is 54.6 Å². The number of nitrogens with zero attached hydrogens (tertiary/aromatic N) is 7. The maximum atomic E-state index is 14.6. The van der Waals surface area contributed by atoms with Gasteiger partial charge in [-0.3, -0.25) is 19.0 Å². The number of carbonyl (C=O) groups is 2. The number of para-hydroxylation sites is 1. The summed E-state index contributed by atoms with van der Waals surface area (Å²) in [5.74, 6) is 0.485. The molecule has 0 aliphatic carbocycles. The van der Waals surface area contributed by atoms with Crippen LogP contribution in [0.15, 0.2) is 67.0 Å². The molecular formula is C28H27N7O3. The smallest absolute Gasteiger partial charge is 0.274 e. The van der Waals surface area contributed by atoms with Crippen molar-refractivity contribution in [2.75, 3.05) is 18.1 Å². The highest BCUT2D eigenvalue weighted by atomic mass is 16.5. The number of benzene rings is 2. The van der Waals surface area contributed by atoms with Gasteiger partial charge in [-0.05, 0) is 41.8 Å². The third kappa shape index (κ3) is 3.36. The molecule has 0 radical (unpaired) electrons. The Bertz CT molecular complexity index is 1560. The number of amides is 2. The molecule has 6 bridgehead atoms. The van der Waals surface area contributed by atoms with Crippen LogP contribution in [0.5, 0.6) is 5.75 Å². The molecule has 3 aliphatic rings. The fraction of sp³-hybridized carbons (Fsp3) is 0.321. The highest BCUT2D eigenvalue weighted by Gasteiger charge is 2.61. The Morgan fingerprint density at radius 3 is 2.87 bits per heavy atom. The first-order valence-electron chi connectivity index (χ1n) is 12.9. The molecule has 192 valence electrons. The van der Waals surface area contributed by atoms with Gasteiger partial charge in [-0.15, -0.1) is 5.10 Å². The summed E-state index contributed by atoms with van der Waals surface area (Å²) in [4.78, 5) is 32.1. The largest absolute Gasteiger partial charge is 0.494 e. The zero-order valence-electron chi connectivity index (χ0n) is 21.0. The zero-order chi connectivity index (χ0) is 25.9. The normalized spacial score (nSPS) is 22.3. The van der Waals surface area contributed by atoms with Crippen molar-refractivity contribution in [1.29, 1.82) is 0 Å². The first-order chi connectivity index (χ1) is 18.5. The van der Waals surface area contributed by atoms with E-state index < -0.39 is 11.5 Å². The third-order valence-electron chi connectivity index (χ3n) is 7.90. The van der Waals surface area contributed by atoms with Crippen molar-refractivity contribution in [3.05, 3.63) is 89.5 Å². The highest BCUT2D eigenvalue weighted by molar-refractivity contribution is 6.09. The molecule has 1 fully saturated rings. The van der Waals surface area contributed by atoms with Crippen molar-refractivity contribution in [2.24, 2.45) is 7.05 Å². The first-order valence-corrected chi connectivity index (χ1v) is 12.9. The number of fused-ring (bicyclic) bond motifs is 8. The first kappa shape index (κ1) is 22.7. The van der Waals surface area contributed by atoms with E-state index in [0.717, 1.165) is 28.9 Å². The number of aromatic nitrogens is 5. The van der Waals surface area contributed by atoms with Crippen LogP contribution in [0.2, 0.25) is 0 Å². The molecule has 2 aromatic carbocycles. The topological polar surface area (TPSA) is 98.4 Å². The number of ether oxygens (including phenoxy) is 1. The van der Waals surface area contributed by atoms with Crippen molar-refractivity contribution in [3.63, 3.8) is 0 Å². The molecule has 5 heterocycles. The molecule has 1 spiro atoms. The van der Waals surface area contributed by atoms with Gasteiger partial charge in [0.25, 0.3) is 5.91 Å². The van der Waals surface area contributed by atoms with Crippen LogP contribution >= 0.6 is 0 Å². The maximum Gasteiger partial charge on any atom is 0.274 e. The van der Waals surface area contributed by atoms with Gasteiger partial charge in [0.15, 0.2) is 0 Å². The number of likely N-dealkylation sites (tertiary alicyclic amines) is 1. The number of hydrogen-bond donors (Lipinski definition) is 0. The molecule has 10 heteroatoms. The van der Waals surface area contributed by atoms with E-state index >= 15 is 0 Å². The van der Waals surface area contributed by atoms with Crippen LogP contribution in [0.1, 0.15) is 46.2 Å². The van der Waals surface area contributed by atoms with Gasteiger partial charge in [-0.25, -0.2) is 0 Å². The minimum absolute atomic E-state index is 0.0317. The summed E-state index contributed by atoms with van der Waals surface area (Å²) in [6, 6.07) is 16.9. The summed E-state index contributed by atoms with van der Waals surface area (Å²) < 4.78 is 9.51. The summed E-state index contributed by atoms with van der Waals surface area (Å²) >= 11 is 0. The molecule has 1 saturated heterocycles. The van der Waals surface area contributed by atoms with Gasteiger partial charge in [-0.1, -0.05) is 35.5 Å². The Morgan fingerprint density at radius 2 is 2.00 bits per heavy atom. The van der Waals surface area contributed by atoms with E-state index in [9.17, 15) is 9.59 Å². The van der Waals surface area contributed by atoms with Gasteiger partial charge >= 0.3 is 0 Å². The lowest BCUT2D eigenvalue weighted by Gasteiger charge is -2.35. The molecule has 10 nitrogen and oxygen atoms in total. The van der Waals surface area contributed by atoms with Crippen molar-refractivity contribution in [1.82, 2.24) is 29.7 Å². The van der Waals surface area contributed by atoms with Gasteiger partial charge < -0.3 is 14.5 Å². The minimum Gasteiger partial charge on any atom is -0.494 e. The Labute approximate surface area is 219 Å².